The van der Waals surface area contributed by atoms with Crippen LogP contribution in [0.25, 0.3) is 22.4 Å². The minimum Gasteiger partial charge on any atom is -0.451 e. The van der Waals surface area contributed by atoms with Gasteiger partial charge in [0.15, 0.2) is 5.76 Å². The second-order valence-electron chi connectivity index (χ2n) is 7.53. The largest absolute Gasteiger partial charge is 0.451 e. The maximum Gasteiger partial charge on any atom is 0.290 e. The van der Waals surface area contributed by atoms with Crippen LogP contribution in [0.1, 0.15) is 42.1 Å². The first kappa shape index (κ1) is 18.9. The van der Waals surface area contributed by atoms with Gasteiger partial charge in [0.25, 0.3) is 5.91 Å². The van der Waals surface area contributed by atoms with Crippen molar-refractivity contribution < 1.29 is 13.6 Å². The Labute approximate surface area is 178 Å². The average Bonchev–Trinajstić information content (AvgIpc) is 3.52. The highest BCUT2D eigenvalue weighted by molar-refractivity contribution is 6.30. The van der Waals surface area contributed by atoms with E-state index in [4.69, 9.17) is 20.4 Å². The van der Waals surface area contributed by atoms with Gasteiger partial charge in [0.05, 0.1) is 6.54 Å². The molecule has 0 spiro atoms. The van der Waals surface area contributed by atoms with Gasteiger partial charge in [-0.1, -0.05) is 42.6 Å². The fraction of sp³-hybridized carbons (Fsp3) is 0.261. The molecule has 5 rings (SSSR count). The van der Waals surface area contributed by atoms with Crippen molar-refractivity contribution in [3.8, 4) is 11.5 Å². The Morgan fingerprint density at radius 1 is 1.03 bits per heavy atom. The number of aromatic nitrogens is 2. The van der Waals surface area contributed by atoms with Crippen LogP contribution < -0.4 is 0 Å². The van der Waals surface area contributed by atoms with Crippen LogP contribution in [-0.2, 0) is 6.54 Å². The zero-order valence-electron chi connectivity index (χ0n) is 16.3. The molecule has 0 atom stereocenters. The SMILES string of the molecule is O=C(c1cc2ccccc2o1)N(Cc1nnc(-c2ccc(Cl)cc2)o1)C1CCCC1. The lowest BCUT2D eigenvalue weighted by molar-refractivity contribution is 0.0614. The van der Waals surface area contributed by atoms with E-state index < -0.39 is 0 Å². The topological polar surface area (TPSA) is 72.4 Å². The van der Waals surface area contributed by atoms with E-state index in [9.17, 15) is 4.79 Å². The van der Waals surface area contributed by atoms with Crippen LogP contribution in [-0.4, -0.2) is 27.0 Å². The van der Waals surface area contributed by atoms with Gasteiger partial charge in [-0.25, -0.2) is 0 Å². The fourth-order valence-corrected chi connectivity index (χ4v) is 4.11. The number of para-hydroxylation sites is 1. The van der Waals surface area contributed by atoms with Crippen molar-refractivity contribution in [2.75, 3.05) is 0 Å². The second kappa shape index (κ2) is 7.95. The zero-order chi connectivity index (χ0) is 20.5. The molecule has 1 saturated carbocycles. The van der Waals surface area contributed by atoms with Crippen LogP contribution in [0.15, 0.2) is 63.4 Å². The average molecular weight is 422 g/mol. The molecule has 0 bridgehead atoms. The van der Waals surface area contributed by atoms with Crippen molar-refractivity contribution in [1.29, 1.82) is 0 Å². The van der Waals surface area contributed by atoms with Gasteiger partial charge in [0, 0.05) is 22.0 Å². The van der Waals surface area contributed by atoms with E-state index in [0.29, 0.717) is 28.1 Å². The van der Waals surface area contributed by atoms with Gasteiger partial charge >= 0.3 is 0 Å². The van der Waals surface area contributed by atoms with Crippen LogP contribution in [0.2, 0.25) is 5.02 Å². The Kier molecular flexibility index (Phi) is 5.01. The third-order valence-corrected chi connectivity index (χ3v) is 5.78. The number of halogens is 1. The minimum absolute atomic E-state index is 0.136. The molecule has 1 fully saturated rings. The Balaban J connectivity index is 1.42. The van der Waals surface area contributed by atoms with Crippen LogP contribution >= 0.6 is 11.6 Å². The van der Waals surface area contributed by atoms with Crippen molar-refractivity contribution in [2.45, 2.75) is 38.3 Å². The smallest absolute Gasteiger partial charge is 0.290 e. The molecule has 6 nitrogen and oxygen atoms in total. The second-order valence-corrected chi connectivity index (χ2v) is 7.96. The van der Waals surface area contributed by atoms with E-state index in [1.54, 1.807) is 18.2 Å². The van der Waals surface area contributed by atoms with Gasteiger partial charge in [-0.15, -0.1) is 10.2 Å². The molecule has 30 heavy (non-hydrogen) atoms. The predicted octanol–water partition coefficient (Wildman–Crippen LogP) is 5.72. The number of furan rings is 1. The predicted molar refractivity (Wildman–Crippen MR) is 113 cm³/mol. The number of benzene rings is 2. The summed E-state index contributed by atoms with van der Waals surface area (Å²) >= 11 is 5.95. The minimum atomic E-state index is -0.149. The number of hydrogen-bond acceptors (Lipinski definition) is 5. The molecule has 1 amide bonds. The summed E-state index contributed by atoms with van der Waals surface area (Å²) in [4.78, 5) is 15.2. The van der Waals surface area contributed by atoms with Crippen LogP contribution in [0.5, 0.6) is 0 Å². The summed E-state index contributed by atoms with van der Waals surface area (Å²) in [6, 6.07) is 16.8. The maximum absolute atomic E-state index is 13.3. The van der Waals surface area contributed by atoms with E-state index >= 15 is 0 Å². The van der Waals surface area contributed by atoms with Gasteiger partial charge in [0.1, 0.15) is 5.58 Å². The monoisotopic (exact) mass is 421 g/mol. The van der Waals surface area contributed by atoms with Crippen LogP contribution in [0.4, 0.5) is 0 Å². The first-order valence-corrected chi connectivity index (χ1v) is 10.4. The number of carbonyl (C=O) groups is 1. The number of amides is 1. The van der Waals surface area contributed by atoms with Gasteiger partial charge in [-0.2, -0.15) is 0 Å². The molecule has 1 aliphatic carbocycles. The summed E-state index contributed by atoms with van der Waals surface area (Å²) < 4.78 is 11.7. The molecule has 0 unspecified atom stereocenters. The molecule has 0 N–H and O–H groups in total. The van der Waals surface area contributed by atoms with Crippen molar-refractivity contribution in [1.82, 2.24) is 15.1 Å². The van der Waals surface area contributed by atoms with Gasteiger partial charge in [0.2, 0.25) is 11.8 Å². The van der Waals surface area contributed by atoms with Crippen LogP contribution in [0, 0.1) is 0 Å². The molecule has 2 heterocycles. The molecule has 0 radical (unpaired) electrons. The molecule has 0 saturated heterocycles. The van der Waals surface area contributed by atoms with Crippen molar-refractivity contribution in [3.63, 3.8) is 0 Å². The number of fused-ring (bicyclic) bond motifs is 1. The summed E-state index contributed by atoms with van der Waals surface area (Å²) in [7, 11) is 0. The Bertz CT molecular complexity index is 1140. The van der Waals surface area contributed by atoms with E-state index in [-0.39, 0.29) is 18.5 Å². The number of hydrogen-bond donors (Lipinski definition) is 0. The summed E-state index contributed by atoms with van der Waals surface area (Å²) in [5, 5.41) is 9.87. The first-order valence-electron chi connectivity index (χ1n) is 10.1. The molecular formula is C23H20ClN3O3. The molecule has 152 valence electrons. The third-order valence-electron chi connectivity index (χ3n) is 5.53. The summed E-state index contributed by atoms with van der Waals surface area (Å²) in [6.45, 7) is 0.251. The molecule has 7 heteroatoms. The first-order chi connectivity index (χ1) is 14.7. The molecular weight excluding hydrogens is 402 g/mol. The summed E-state index contributed by atoms with van der Waals surface area (Å²) in [5.74, 6) is 0.991. The third kappa shape index (κ3) is 3.71. The number of carbonyl (C=O) groups excluding carboxylic acids is 1. The molecule has 1 aliphatic rings. The lowest BCUT2D eigenvalue weighted by Crippen LogP contribution is -2.38. The summed E-state index contributed by atoms with van der Waals surface area (Å²) in [5.41, 5.74) is 1.49. The van der Waals surface area contributed by atoms with E-state index in [2.05, 4.69) is 10.2 Å². The lowest BCUT2D eigenvalue weighted by Gasteiger charge is -2.26. The number of rotatable bonds is 5. The van der Waals surface area contributed by atoms with Gasteiger partial charge in [-0.3, -0.25) is 4.79 Å². The highest BCUT2D eigenvalue weighted by atomic mass is 35.5. The fourth-order valence-electron chi connectivity index (χ4n) is 3.98. The number of nitrogens with zero attached hydrogens (tertiary/aromatic N) is 3. The zero-order valence-corrected chi connectivity index (χ0v) is 17.0. The highest BCUT2D eigenvalue weighted by Crippen LogP contribution is 2.29. The van der Waals surface area contributed by atoms with Gasteiger partial charge < -0.3 is 13.7 Å². The standard InChI is InChI=1S/C23H20ClN3O3/c24-17-11-9-15(10-12-17)22-26-25-21(30-22)14-27(18-6-2-3-7-18)23(28)20-13-16-5-1-4-8-19(16)29-20/h1,4-5,8-13,18H,2-3,6-7,14H2. The highest BCUT2D eigenvalue weighted by Gasteiger charge is 2.31. The van der Waals surface area contributed by atoms with E-state index in [1.165, 1.54) is 0 Å². The van der Waals surface area contributed by atoms with Gasteiger partial charge in [-0.05, 0) is 49.2 Å². The molecule has 4 aromatic rings. The Hall–Kier alpha value is -3.12. The normalized spacial score (nSPS) is 14.4. The van der Waals surface area contributed by atoms with Crippen LogP contribution in [0.3, 0.4) is 0 Å². The Morgan fingerprint density at radius 2 is 1.80 bits per heavy atom. The Morgan fingerprint density at radius 3 is 2.57 bits per heavy atom. The lowest BCUT2D eigenvalue weighted by atomic mass is 10.2. The molecule has 2 aromatic heterocycles. The van der Waals surface area contributed by atoms with E-state index in [0.717, 1.165) is 36.6 Å². The molecule has 2 aromatic carbocycles. The quantitative estimate of drug-likeness (QED) is 0.412. The maximum atomic E-state index is 13.3. The van der Waals surface area contributed by atoms with E-state index in [1.807, 2.05) is 41.3 Å². The van der Waals surface area contributed by atoms with Crippen molar-refractivity contribution in [3.05, 3.63) is 71.3 Å². The summed E-state index contributed by atoms with van der Waals surface area (Å²) in [6.07, 6.45) is 4.14. The molecule has 0 aliphatic heterocycles. The van der Waals surface area contributed by atoms with Crippen molar-refractivity contribution >= 4 is 28.5 Å². The van der Waals surface area contributed by atoms with Crippen molar-refractivity contribution in [2.24, 2.45) is 0 Å².